The van der Waals surface area contributed by atoms with Gasteiger partial charge in [-0.25, -0.2) is 0 Å². The van der Waals surface area contributed by atoms with E-state index in [1.54, 1.807) is 12.4 Å². The third-order valence-electron chi connectivity index (χ3n) is 4.17. The van der Waals surface area contributed by atoms with Crippen LogP contribution in [0, 0.1) is 5.92 Å². The summed E-state index contributed by atoms with van der Waals surface area (Å²) in [4.78, 5) is 18.6. The molecule has 3 heteroatoms. The number of hydrogen-bond acceptors (Lipinski definition) is 2. The third kappa shape index (κ3) is 5.20. The number of hydrogen-bond donors (Lipinski definition) is 0. The van der Waals surface area contributed by atoms with E-state index >= 15 is 0 Å². The van der Waals surface area contributed by atoms with Gasteiger partial charge in [0.05, 0.1) is 12.5 Å². The van der Waals surface area contributed by atoms with Crippen molar-refractivity contribution in [2.24, 2.45) is 5.92 Å². The predicted molar refractivity (Wildman–Crippen MR) is 94.0 cm³/mol. The highest BCUT2D eigenvalue weighted by Gasteiger charge is 2.21. The van der Waals surface area contributed by atoms with E-state index in [1.165, 1.54) is 5.56 Å². The summed E-state index contributed by atoms with van der Waals surface area (Å²) in [5, 5.41) is 0. The van der Waals surface area contributed by atoms with Crippen LogP contribution in [0.1, 0.15) is 43.9 Å². The van der Waals surface area contributed by atoms with Crippen molar-refractivity contribution in [1.82, 2.24) is 9.88 Å². The summed E-state index contributed by atoms with van der Waals surface area (Å²) in [6.07, 6.45) is 5.98. The van der Waals surface area contributed by atoms with E-state index in [0.717, 1.165) is 18.4 Å². The van der Waals surface area contributed by atoms with Crippen molar-refractivity contribution >= 4 is 5.91 Å². The summed E-state index contributed by atoms with van der Waals surface area (Å²) in [5.41, 5.74) is 2.21. The van der Waals surface area contributed by atoms with E-state index in [9.17, 15) is 4.79 Å². The van der Waals surface area contributed by atoms with Gasteiger partial charge < -0.3 is 4.90 Å². The van der Waals surface area contributed by atoms with Gasteiger partial charge >= 0.3 is 0 Å². The molecule has 1 aromatic carbocycles. The minimum absolute atomic E-state index is 0.132. The van der Waals surface area contributed by atoms with Crippen LogP contribution >= 0.6 is 0 Å². The van der Waals surface area contributed by atoms with Gasteiger partial charge in [0.25, 0.3) is 0 Å². The van der Waals surface area contributed by atoms with Crippen LogP contribution in [-0.4, -0.2) is 22.8 Å². The van der Waals surface area contributed by atoms with Crippen molar-refractivity contribution < 1.29 is 4.79 Å². The molecule has 1 unspecified atom stereocenters. The number of carbonyl (C=O) groups is 1. The maximum atomic E-state index is 12.7. The molecule has 0 aliphatic heterocycles. The third-order valence-corrected chi connectivity index (χ3v) is 4.17. The first-order valence-corrected chi connectivity index (χ1v) is 8.27. The number of nitrogens with zero attached hydrogens (tertiary/aromatic N) is 2. The van der Waals surface area contributed by atoms with Crippen LogP contribution in [-0.2, 0) is 11.2 Å². The molecule has 0 fully saturated rings. The smallest absolute Gasteiger partial charge is 0.227 e. The predicted octanol–water partition coefficient (Wildman–Crippen LogP) is 4.26. The quantitative estimate of drug-likeness (QED) is 0.765. The van der Waals surface area contributed by atoms with Crippen molar-refractivity contribution in [1.29, 1.82) is 0 Å². The SMILES string of the molecule is CC(C)CCC(c1ccccc1)N(C)C(=O)Cc1ccncc1. The lowest BCUT2D eigenvalue weighted by Crippen LogP contribution is -2.32. The Kier molecular flexibility index (Phi) is 6.33. The molecule has 0 N–H and O–H groups in total. The number of aromatic nitrogens is 1. The maximum absolute atomic E-state index is 12.7. The fraction of sp³-hybridized carbons (Fsp3) is 0.400. The highest BCUT2D eigenvalue weighted by atomic mass is 16.2. The summed E-state index contributed by atoms with van der Waals surface area (Å²) >= 11 is 0. The van der Waals surface area contributed by atoms with Gasteiger partial charge in [-0.3, -0.25) is 9.78 Å². The van der Waals surface area contributed by atoms with Crippen LogP contribution in [0.2, 0.25) is 0 Å². The molecule has 2 rings (SSSR count). The van der Waals surface area contributed by atoms with Gasteiger partial charge in [-0.2, -0.15) is 0 Å². The average Bonchev–Trinajstić information content (AvgIpc) is 2.56. The van der Waals surface area contributed by atoms with Crippen LogP contribution < -0.4 is 0 Å². The second kappa shape index (κ2) is 8.47. The normalized spacial score (nSPS) is 12.2. The van der Waals surface area contributed by atoms with Crippen LogP contribution in [0.3, 0.4) is 0 Å². The molecule has 0 bridgehead atoms. The largest absolute Gasteiger partial charge is 0.338 e. The zero-order valence-corrected chi connectivity index (χ0v) is 14.3. The van der Waals surface area contributed by atoms with Gasteiger partial charge in [0.1, 0.15) is 0 Å². The Morgan fingerprint density at radius 2 is 1.70 bits per heavy atom. The zero-order chi connectivity index (χ0) is 16.7. The number of amides is 1. The highest BCUT2D eigenvalue weighted by molar-refractivity contribution is 5.79. The number of carbonyl (C=O) groups excluding carboxylic acids is 1. The van der Waals surface area contributed by atoms with Crippen LogP contribution in [0.25, 0.3) is 0 Å². The van der Waals surface area contributed by atoms with Gasteiger partial charge in [-0.05, 0) is 42.0 Å². The fourth-order valence-corrected chi connectivity index (χ4v) is 2.72. The Morgan fingerprint density at radius 1 is 1.04 bits per heavy atom. The first kappa shape index (κ1) is 17.2. The van der Waals surface area contributed by atoms with Gasteiger partial charge in [-0.1, -0.05) is 44.2 Å². The maximum Gasteiger partial charge on any atom is 0.227 e. The fourth-order valence-electron chi connectivity index (χ4n) is 2.72. The first-order chi connectivity index (χ1) is 11.1. The Labute approximate surface area is 139 Å². The van der Waals surface area contributed by atoms with Crippen molar-refractivity contribution in [2.45, 2.75) is 39.2 Å². The van der Waals surface area contributed by atoms with E-state index in [-0.39, 0.29) is 11.9 Å². The second-order valence-corrected chi connectivity index (χ2v) is 6.43. The number of rotatable bonds is 7. The Balaban J connectivity index is 2.12. The molecule has 0 saturated carbocycles. The molecule has 0 saturated heterocycles. The summed E-state index contributed by atoms with van der Waals surface area (Å²) in [7, 11) is 1.92. The van der Waals surface area contributed by atoms with Crippen LogP contribution in [0.15, 0.2) is 54.9 Å². The van der Waals surface area contributed by atoms with Gasteiger partial charge in [-0.15, -0.1) is 0 Å². The molecule has 0 radical (unpaired) electrons. The molecule has 0 aliphatic carbocycles. The molecule has 2 aromatic rings. The van der Waals surface area contributed by atoms with Crippen molar-refractivity contribution in [3.8, 4) is 0 Å². The van der Waals surface area contributed by atoms with Crippen LogP contribution in [0.5, 0.6) is 0 Å². The lowest BCUT2D eigenvalue weighted by Gasteiger charge is -2.29. The Morgan fingerprint density at radius 3 is 2.30 bits per heavy atom. The summed E-state index contributed by atoms with van der Waals surface area (Å²) in [6, 6.07) is 14.3. The standard InChI is InChI=1S/C20H26N2O/c1-16(2)9-10-19(18-7-5-4-6-8-18)22(3)20(23)15-17-11-13-21-14-12-17/h4-8,11-14,16,19H,9-10,15H2,1-3H3. The first-order valence-electron chi connectivity index (χ1n) is 8.27. The van der Waals surface area contributed by atoms with E-state index in [4.69, 9.17) is 0 Å². The van der Waals surface area contributed by atoms with E-state index < -0.39 is 0 Å². The topological polar surface area (TPSA) is 33.2 Å². The molecule has 1 amide bonds. The van der Waals surface area contributed by atoms with Gasteiger partial charge in [0.2, 0.25) is 5.91 Å². The highest BCUT2D eigenvalue weighted by Crippen LogP contribution is 2.27. The van der Waals surface area contributed by atoms with Crippen molar-refractivity contribution in [2.75, 3.05) is 7.05 Å². The molecule has 1 heterocycles. The minimum atomic E-state index is 0.132. The molecule has 3 nitrogen and oxygen atoms in total. The monoisotopic (exact) mass is 310 g/mol. The van der Waals surface area contributed by atoms with Gasteiger partial charge in [0.15, 0.2) is 0 Å². The molecular formula is C20H26N2O. The summed E-state index contributed by atoms with van der Waals surface area (Å²) in [5.74, 6) is 0.777. The molecule has 1 aromatic heterocycles. The second-order valence-electron chi connectivity index (χ2n) is 6.43. The molecule has 122 valence electrons. The molecule has 23 heavy (non-hydrogen) atoms. The van der Waals surface area contributed by atoms with E-state index in [0.29, 0.717) is 12.3 Å². The van der Waals surface area contributed by atoms with Crippen molar-refractivity contribution in [3.05, 3.63) is 66.0 Å². The van der Waals surface area contributed by atoms with Crippen LogP contribution in [0.4, 0.5) is 0 Å². The zero-order valence-electron chi connectivity index (χ0n) is 14.3. The van der Waals surface area contributed by atoms with Crippen molar-refractivity contribution in [3.63, 3.8) is 0 Å². The molecule has 0 spiro atoms. The molecule has 0 aliphatic rings. The Bertz CT molecular complexity index is 596. The Hall–Kier alpha value is -2.16. The summed E-state index contributed by atoms with van der Waals surface area (Å²) < 4.78 is 0. The lowest BCUT2D eigenvalue weighted by molar-refractivity contribution is -0.131. The average molecular weight is 310 g/mol. The molecular weight excluding hydrogens is 284 g/mol. The van der Waals surface area contributed by atoms with E-state index in [1.807, 2.05) is 42.3 Å². The number of pyridine rings is 1. The minimum Gasteiger partial charge on any atom is -0.338 e. The summed E-state index contributed by atoms with van der Waals surface area (Å²) in [6.45, 7) is 4.45. The van der Waals surface area contributed by atoms with Gasteiger partial charge in [0, 0.05) is 19.4 Å². The lowest BCUT2D eigenvalue weighted by atomic mass is 9.96. The molecule has 1 atom stereocenters. The number of likely N-dealkylation sites (N-methyl/N-ethyl adjacent to an activating group) is 1. The van der Waals surface area contributed by atoms with E-state index in [2.05, 4.69) is 31.0 Å². The number of benzene rings is 1.